The van der Waals surface area contributed by atoms with Crippen LogP contribution < -0.4 is 21.1 Å². The van der Waals surface area contributed by atoms with Gasteiger partial charge in [-0.25, -0.2) is 0 Å². The number of para-hydroxylation sites is 1. The van der Waals surface area contributed by atoms with Gasteiger partial charge < -0.3 is 26.2 Å². The van der Waals surface area contributed by atoms with Crippen LogP contribution in [0.25, 0.3) is 0 Å². The van der Waals surface area contributed by atoms with Crippen LogP contribution >= 0.6 is 0 Å². The van der Waals surface area contributed by atoms with Crippen LogP contribution in [0, 0.1) is 0 Å². The zero-order valence-electron chi connectivity index (χ0n) is 10.6. The molecule has 0 radical (unpaired) electrons. The van der Waals surface area contributed by atoms with E-state index in [1.165, 1.54) is 0 Å². The topological polar surface area (TPSA) is 79.5 Å². The van der Waals surface area contributed by atoms with Crippen molar-refractivity contribution in [2.24, 2.45) is 5.73 Å². The second kappa shape index (κ2) is 9.85. The zero-order valence-corrected chi connectivity index (χ0v) is 10.6. The summed E-state index contributed by atoms with van der Waals surface area (Å²) in [6, 6.07) is 9.49. The third-order valence-electron chi connectivity index (χ3n) is 2.37. The molecule has 18 heavy (non-hydrogen) atoms. The highest BCUT2D eigenvalue weighted by atomic mass is 16.5. The van der Waals surface area contributed by atoms with Crippen LogP contribution in [-0.4, -0.2) is 50.5 Å². The fourth-order valence-electron chi connectivity index (χ4n) is 1.44. The second-order valence-electron chi connectivity index (χ2n) is 4.02. The molecule has 0 aliphatic rings. The molecule has 5 heteroatoms. The number of nitrogens with two attached hydrogens (primary N) is 1. The SMILES string of the molecule is NCCNCCNCC(O)COc1ccccc1. The summed E-state index contributed by atoms with van der Waals surface area (Å²) in [7, 11) is 0. The molecule has 0 fully saturated rings. The number of aliphatic hydroxyl groups excluding tert-OH is 1. The molecule has 0 spiro atoms. The number of benzene rings is 1. The Labute approximate surface area is 108 Å². The van der Waals surface area contributed by atoms with Gasteiger partial charge in [0.05, 0.1) is 0 Å². The van der Waals surface area contributed by atoms with Crippen LogP contribution in [-0.2, 0) is 0 Å². The molecule has 1 aromatic rings. The van der Waals surface area contributed by atoms with Gasteiger partial charge in [0, 0.05) is 32.7 Å². The van der Waals surface area contributed by atoms with Gasteiger partial charge in [0.2, 0.25) is 0 Å². The first kappa shape index (κ1) is 14.9. The van der Waals surface area contributed by atoms with Crippen molar-refractivity contribution in [1.29, 1.82) is 0 Å². The minimum Gasteiger partial charge on any atom is -0.491 e. The van der Waals surface area contributed by atoms with Crippen LogP contribution in [0.3, 0.4) is 0 Å². The number of ether oxygens (including phenoxy) is 1. The minimum absolute atomic E-state index is 0.299. The average molecular weight is 253 g/mol. The number of nitrogens with one attached hydrogen (secondary N) is 2. The molecule has 102 valence electrons. The largest absolute Gasteiger partial charge is 0.491 e. The molecule has 1 unspecified atom stereocenters. The van der Waals surface area contributed by atoms with E-state index in [1.54, 1.807) is 0 Å². The molecule has 5 nitrogen and oxygen atoms in total. The Kier molecular flexibility index (Phi) is 8.16. The van der Waals surface area contributed by atoms with Crippen LogP contribution in [0.5, 0.6) is 5.75 Å². The first-order chi connectivity index (χ1) is 8.83. The van der Waals surface area contributed by atoms with Gasteiger partial charge in [-0.05, 0) is 12.1 Å². The summed E-state index contributed by atoms with van der Waals surface area (Å²) >= 11 is 0. The maximum atomic E-state index is 9.69. The van der Waals surface area contributed by atoms with Crippen molar-refractivity contribution in [2.75, 3.05) is 39.3 Å². The highest BCUT2D eigenvalue weighted by Crippen LogP contribution is 2.08. The van der Waals surface area contributed by atoms with Crippen molar-refractivity contribution in [1.82, 2.24) is 10.6 Å². The predicted octanol–water partition coefficient (Wildman–Crippen LogP) is -0.436. The molecule has 0 bridgehead atoms. The van der Waals surface area contributed by atoms with Crippen molar-refractivity contribution in [3.8, 4) is 5.75 Å². The van der Waals surface area contributed by atoms with E-state index in [4.69, 9.17) is 10.5 Å². The van der Waals surface area contributed by atoms with E-state index in [1.807, 2.05) is 30.3 Å². The lowest BCUT2D eigenvalue weighted by molar-refractivity contribution is 0.106. The Morgan fingerprint density at radius 1 is 1.11 bits per heavy atom. The van der Waals surface area contributed by atoms with Gasteiger partial charge in [-0.15, -0.1) is 0 Å². The van der Waals surface area contributed by atoms with E-state index in [0.29, 0.717) is 19.7 Å². The summed E-state index contributed by atoms with van der Waals surface area (Å²) in [5.74, 6) is 0.779. The Hall–Kier alpha value is -1.14. The quantitative estimate of drug-likeness (QED) is 0.425. The number of rotatable bonds is 10. The van der Waals surface area contributed by atoms with E-state index in [0.717, 1.165) is 25.4 Å². The van der Waals surface area contributed by atoms with Crippen LogP contribution in [0.2, 0.25) is 0 Å². The number of hydrogen-bond donors (Lipinski definition) is 4. The normalized spacial score (nSPS) is 12.3. The average Bonchev–Trinajstić information content (AvgIpc) is 2.41. The molecule has 5 N–H and O–H groups in total. The van der Waals surface area contributed by atoms with Crippen LogP contribution in [0.4, 0.5) is 0 Å². The molecular weight excluding hydrogens is 230 g/mol. The van der Waals surface area contributed by atoms with E-state index in [9.17, 15) is 5.11 Å². The molecule has 0 aromatic heterocycles. The van der Waals surface area contributed by atoms with Gasteiger partial charge >= 0.3 is 0 Å². The van der Waals surface area contributed by atoms with Crippen molar-refractivity contribution in [3.05, 3.63) is 30.3 Å². The van der Waals surface area contributed by atoms with Gasteiger partial charge in [0.15, 0.2) is 0 Å². The Bertz CT molecular complexity index is 296. The van der Waals surface area contributed by atoms with E-state index < -0.39 is 6.10 Å². The Morgan fingerprint density at radius 3 is 2.56 bits per heavy atom. The third-order valence-corrected chi connectivity index (χ3v) is 2.37. The Morgan fingerprint density at radius 2 is 1.83 bits per heavy atom. The standard InChI is InChI=1S/C13H23N3O2/c14-6-7-15-8-9-16-10-12(17)11-18-13-4-2-1-3-5-13/h1-5,12,15-17H,6-11,14H2. The molecule has 1 aromatic carbocycles. The maximum Gasteiger partial charge on any atom is 0.119 e. The highest BCUT2D eigenvalue weighted by Gasteiger charge is 2.04. The van der Waals surface area contributed by atoms with E-state index in [-0.39, 0.29) is 0 Å². The molecular formula is C13H23N3O2. The van der Waals surface area contributed by atoms with Gasteiger partial charge in [-0.1, -0.05) is 18.2 Å². The molecule has 1 atom stereocenters. The first-order valence-corrected chi connectivity index (χ1v) is 6.30. The van der Waals surface area contributed by atoms with Crippen molar-refractivity contribution >= 4 is 0 Å². The number of hydrogen-bond acceptors (Lipinski definition) is 5. The summed E-state index contributed by atoms with van der Waals surface area (Å²) in [5, 5.41) is 16.0. The summed E-state index contributed by atoms with van der Waals surface area (Å²) in [6.45, 7) is 3.95. The molecule has 1 rings (SSSR count). The van der Waals surface area contributed by atoms with Crippen molar-refractivity contribution < 1.29 is 9.84 Å². The minimum atomic E-state index is -0.500. The Balaban J connectivity index is 1.99. The highest BCUT2D eigenvalue weighted by molar-refractivity contribution is 5.20. The first-order valence-electron chi connectivity index (χ1n) is 6.30. The van der Waals surface area contributed by atoms with Gasteiger partial charge in [-0.2, -0.15) is 0 Å². The summed E-state index contributed by atoms with van der Waals surface area (Å²) in [5.41, 5.74) is 5.35. The van der Waals surface area contributed by atoms with Gasteiger partial charge in [-0.3, -0.25) is 0 Å². The predicted molar refractivity (Wildman–Crippen MR) is 72.7 cm³/mol. The fraction of sp³-hybridized carbons (Fsp3) is 0.538. The summed E-state index contributed by atoms with van der Waals surface area (Å²) < 4.78 is 5.44. The molecule has 0 aliphatic heterocycles. The maximum absolute atomic E-state index is 9.69. The molecule has 0 saturated carbocycles. The molecule has 0 aliphatic carbocycles. The van der Waals surface area contributed by atoms with Crippen molar-refractivity contribution in [2.45, 2.75) is 6.10 Å². The van der Waals surface area contributed by atoms with Gasteiger partial charge in [0.25, 0.3) is 0 Å². The smallest absolute Gasteiger partial charge is 0.119 e. The summed E-state index contributed by atoms with van der Waals surface area (Å²) in [4.78, 5) is 0. The van der Waals surface area contributed by atoms with E-state index in [2.05, 4.69) is 10.6 Å². The van der Waals surface area contributed by atoms with Crippen LogP contribution in [0.15, 0.2) is 30.3 Å². The van der Waals surface area contributed by atoms with Gasteiger partial charge in [0.1, 0.15) is 18.5 Å². The van der Waals surface area contributed by atoms with Crippen LogP contribution in [0.1, 0.15) is 0 Å². The lowest BCUT2D eigenvalue weighted by atomic mass is 10.3. The molecule has 0 amide bonds. The number of aliphatic hydroxyl groups is 1. The fourth-order valence-corrected chi connectivity index (χ4v) is 1.44. The molecule has 0 saturated heterocycles. The lowest BCUT2D eigenvalue weighted by Gasteiger charge is -2.13. The monoisotopic (exact) mass is 253 g/mol. The molecule has 0 heterocycles. The zero-order chi connectivity index (χ0) is 13.1. The van der Waals surface area contributed by atoms with Crippen molar-refractivity contribution in [3.63, 3.8) is 0 Å². The van der Waals surface area contributed by atoms with E-state index >= 15 is 0 Å². The second-order valence-corrected chi connectivity index (χ2v) is 4.02. The summed E-state index contributed by atoms with van der Waals surface area (Å²) in [6.07, 6.45) is -0.500. The third kappa shape index (κ3) is 7.24. The lowest BCUT2D eigenvalue weighted by Crippen LogP contribution is -2.36.